The standard InChI is InChI=1S/C42H43N3O5/c1-3-11-27-14-10-17-32(37(27)46)36-30-18-19-31-35(33(30)24-34-39(48)45(41(50)42(34,36)2)28-15-8-5-9-16-28)40(49)44(38(31)47)29-20-22-43(23-21-29)25-26-12-6-4-7-13-26/h3-10,12-18,29,31,33-36,46H,1,11,19-25H2,2H3/t31-,33+,34-,35-,36+,42+/m0/s1. The van der Waals surface area contributed by atoms with Gasteiger partial charge in [0.15, 0.2) is 0 Å². The summed E-state index contributed by atoms with van der Waals surface area (Å²) in [6, 6.07) is 24.7. The fourth-order valence-electron chi connectivity index (χ4n) is 9.91. The maximum atomic E-state index is 14.6. The van der Waals surface area contributed by atoms with E-state index < -0.39 is 35.0 Å². The van der Waals surface area contributed by atoms with Gasteiger partial charge in [0.05, 0.1) is 28.9 Å². The van der Waals surface area contributed by atoms with Crippen LogP contribution in [0.15, 0.2) is 103 Å². The molecule has 0 spiro atoms. The Balaban J connectivity index is 1.14. The van der Waals surface area contributed by atoms with E-state index in [-0.39, 0.29) is 35.4 Å². The highest BCUT2D eigenvalue weighted by atomic mass is 16.3. The van der Waals surface area contributed by atoms with E-state index in [4.69, 9.17) is 0 Å². The molecule has 8 nitrogen and oxygen atoms in total. The second kappa shape index (κ2) is 12.5. The van der Waals surface area contributed by atoms with Crippen molar-refractivity contribution in [3.05, 3.63) is 120 Å². The fourth-order valence-corrected chi connectivity index (χ4v) is 9.91. The Bertz CT molecular complexity index is 1900. The van der Waals surface area contributed by atoms with Gasteiger partial charge in [-0.1, -0.05) is 84.5 Å². The van der Waals surface area contributed by atoms with E-state index in [1.54, 1.807) is 35.2 Å². The van der Waals surface area contributed by atoms with E-state index in [1.165, 1.54) is 10.5 Å². The number of phenols is 1. The second-order valence-corrected chi connectivity index (χ2v) is 14.9. The van der Waals surface area contributed by atoms with Gasteiger partial charge in [0.25, 0.3) is 0 Å². The van der Waals surface area contributed by atoms with Crippen LogP contribution in [0.2, 0.25) is 0 Å². The molecule has 256 valence electrons. The van der Waals surface area contributed by atoms with Crippen molar-refractivity contribution >= 4 is 29.3 Å². The summed E-state index contributed by atoms with van der Waals surface area (Å²) in [6.07, 6.45) is 6.35. The highest BCUT2D eigenvalue weighted by Gasteiger charge is 2.68. The summed E-state index contributed by atoms with van der Waals surface area (Å²) in [5.41, 5.74) is 2.68. The summed E-state index contributed by atoms with van der Waals surface area (Å²) >= 11 is 0. The zero-order chi connectivity index (χ0) is 34.7. The maximum Gasteiger partial charge on any atom is 0.241 e. The topological polar surface area (TPSA) is 98.2 Å². The lowest BCUT2D eigenvalue weighted by Gasteiger charge is -2.49. The first-order valence-electron chi connectivity index (χ1n) is 17.9. The molecule has 2 aliphatic carbocycles. The Morgan fingerprint density at radius 1 is 0.860 bits per heavy atom. The van der Waals surface area contributed by atoms with E-state index in [1.807, 2.05) is 49.4 Å². The molecule has 4 fully saturated rings. The van der Waals surface area contributed by atoms with Gasteiger partial charge >= 0.3 is 0 Å². The van der Waals surface area contributed by atoms with Gasteiger partial charge in [0.1, 0.15) is 5.75 Å². The molecule has 8 rings (SSSR count). The Kier molecular flexibility index (Phi) is 8.10. The Labute approximate surface area is 293 Å². The molecule has 0 unspecified atom stereocenters. The van der Waals surface area contributed by atoms with Crippen molar-refractivity contribution in [2.45, 2.75) is 57.5 Å². The van der Waals surface area contributed by atoms with Crippen molar-refractivity contribution < 1.29 is 24.3 Å². The van der Waals surface area contributed by atoms with Gasteiger partial charge < -0.3 is 5.11 Å². The number of aromatic hydroxyl groups is 1. The number of likely N-dealkylation sites (tertiary alicyclic amines) is 2. The number of amides is 4. The summed E-state index contributed by atoms with van der Waals surface area (Å²) in [5.74, 6) is -3.69. The predicted molar refractivity (Wildman–Crippen MR) is 190 cm³/mol. The number of para-hydroxylation sites is 2. The van der Waals surface area contributed by atoms with Crippen molar-refractivity contribution in [1.82, 2.24) is 9.80 Å². The van der Waals surface area contributed by atoms with E-state index >= 15 is 0 Å². The molecule has 0 bridgehead atoms. The molecule has 6 atom stereocenters. The highest BCUT2D eigenvalue weighted by molar-refractivity contribution is 6.24. The van der Waals surface area contributed by atoms with Crippen molar-refractivity contribution in [1.29, 1.82) is 0 Å². The monoisotopic (exact) mass is 669 g/mol. The molecule has 1 saturated carbocycles. The molecular weight excluding hydrogens is 626 g/mol. The van der Waals surface area contributed by atoms with E-state index in [9.17, 15) is 24.3 Å². The summed E-state index contributed by atoms with van der Waals surface area (Å²) in [4.78, 5) is 63.0. The van der Waals surface area contributed by atoms with Crippen LogP contribution in [0.1, 0.15) is 55.2 Å². The van der Waals surface area contributed by atoms with Crippen LogP contribution in [0.5, 0.6) is 5.75 Å². The number of nitrogens with zero attached hydrogens (tertiary/aromatic N) is 3. The molecule has 3 aromatic rings. The van der Waals surface area contributed by atoms with Gasteiger partial charge in [-0.15, -0.1) is 6.58 Å². The van der Waals surface area contributed by atoms with Gasteiger partial charge in [-0.2, -0.15) is 0 Å². The van der Waals surface area contributed by atoms with Crippen molar-refractivity contribution in [3.8, 4) is 5.75 Å². The van der Waals surface area contributed by atoms with E-state index in [0.717, 1.165) is 38.0 Å². The lowest BCUT2D eigenvalue weighted by molar-refractivity contribution is -0.144. The minimum atomic E-state index is -1.21. The third-order valence-electron chi connectivity index (χ3n) is 12.3. The van der Waals surface area contributed by atoms with E-state index in [0.29, 0.717) is 36.1 Å². The minimum Gasteiger partial charge on any atom is -0.507 e. The molecule has 1 N–H and O–H groups in total. The molecule has 3 aromatic carbocycles. The molecular formula is C42H43N3O5. The Hall–Kier alpha value is -4.82. The number of allylic oxidation sites excluding steroid dienone is 3. The largest absolute Gasteiger partial charge is 0.507 e. The first kappa shape index (κ1) is 32.4. The lowest BCUT2D eigenvalue weighted by Crippen LogP contribution is -2.49. The fraction of sp³-hybridized carbons (Fsp3) is 0.381. The maximum absolute atomic E-state index is 14.6. The highest BCUT2D eigenvalue weighted by Crippen LogP contribution is 2.64. The first-order valence-corrected chi connectivity index (χ1v) is 17.9. The third kappa shape index (κ3) is 4.90. The zero-order valence-electron chi connectivity index (χ0n) is 28.4. The number of carbonyl (C=O) groups excluding carboxylic acids is 4. The minimum absolute atomic E-state index is 0.0807. The van der Waals surface area contributed by atoms with Crippen LogP contribution in [0.25, 0.3) is 0 Å². The second-order valence-electron chi connectivity index (χ2n) is 14.9. The van der Waals surface area contributed by atoms with Crippen molar-refractivity contribution in [2.24, 2.45) is 29.1 Å². The number of imide groups is 2. The predicted octanol–water partition coefficient (Wildman–Crippen LogP) is 6.02. The summed E-state index contributed by atoms with van der Waals surface area (Å²) in [5, 5.41) is 11.7. The normalized spacial score (nSPS) is 29.9. The lowest BCUT2D eigenvalue weighted by atomic mass is 9.51. The van der Waals surface area contributed by atoms with Gasteiger partial charge in [-0.3, -0.25) is 29.0 Å². The number of hydrogen-bond donors (Lipinski definition) is 1. The van der Waals surface area contributed by atoms with E-state index in [2.05, 4.69) is 29.7 Å². The molecule has 0 aromatic heterocycles. The van der Waals surface area contributed by atoms with Crippen LogP contribution in [0.3, 0.4) is 0 Å². The van der Waals surface area contributed by atoms with Gasteiger partial charge in [-0.05, 0) is 68.2 Å². The smallest absolute Gasteiger partial charge is 0.241 e. The quantitative estimate of drug-likeness (QED) is 0.244. The number of phenolic OH excluding ortho intramolecular Hbond substituents is 1. The summed E-state index contributed by atoms with van der Waals surface area (Å²) < 4.78 is 0. The third-order valence-corrected chi connectivity index (χ3v) is 12.3. The number of anilines is 1. The number of carbonyl (C=O) groups is 4. The SMILES string of the molecule is C=CCc1cccc([C@H]2C3=CC[C@@H]4C(=O)N(C5CCN(Cc6ccccc6)CC5)C(=O)[C@@H]4[C@@H]3C[C@H]3C(=O)N(c4ccccc4)C(=O)[C@@]23C)c1O. The van der Waals surface area contributed by atoms with Crippen LogP contribution in [-0.4, -0.2) is 57.7 Å². The number of benzene rings is 3. The molecule has 3 heterocycles. The summed E-state index contributed by atoms with van der Waals surface area (Å²) in [7, 11) is 0. The average molecular weight is 670 g/mol. The number of rotatable bonds is 7. The molecule has 3 aliphatic heterocycles. The summed E-state index contributed by atoms with van der Waals surface area (Å²) in [6.45, 7) is 8.14. The van der Waals surface area contributed by atoms with Gasteiger partial charge in [-0.25, -0.2) is 4.90 Å². The van der Waals surface area contributed by atoms with Crippen LogP contribution >= 0.6 is 0 Å². The molecule has 4 amide bonds. The van der Waals surface area contributed by atoms with Crippen LogP contribution < -0.4 is 4.90 Å². The molecule has 0 radical (unpaired) electrons. The van der Waals surface area contributed by atoms with Crippen molar-refractivity contribution in [3.63, 3.8) is 0 Å². The Morgan fingerprint density at radius 3 is 2.26 bits per heavy atom. The van der Waals surface area contributed by atoms with Gasteiger partial charge in [0, 0.05) is 37.2 Å². The molecule has 50 heavy (non-hydrogen) atoms. The van der Waals surface area contributed by atoms with Crippen LogP contribution in [0.4, 0.5) is 5.69 Å². The zero-order valence-corrected chi connectivity index (χ0v) is 28.4. The molecule has 3 saturated heterocycles. The Morgan fingerprint density at radius 2 is 1.56 bits per heavy atom. The first-order chi connectivity index (χ1) is 24.2. The van der Waals surface area contributed by atoms with Crippen LogP contribution in [-0.2, 0) is 32.1 Å². The molecule has 8 heteroatoms. The van der Waals surface area contributed by atoms with Crippen molar-refractivity contribution in [2.75, 3.05) is 18.0 Å². The average Bonchev–Trinajstić information content (AvgIpc) is 3.50. The number of fused-ring (bicyclic) bond motifs is 4. The van der Waals surface area contributed by atoms with Gasteiger partial charge in [0.2, 0.25) is 23.6 Å². The number of hydrogen-bond acceptors (Lipinski definition) is 6. The van der Waals surface area contributed by atoms with Crippen LogP contribution in [0, 0.1) is 29.1 Å². The molecule has 5 aliphatic rings. The number of piperidine rings is 1.